The number of hydrogen-bond acceptors (Lipinski definition) is 3. The number of aliphatic hydroxyl groups excluding tert-OH is 2. The number of carbonyl (C=O) groups is 1. The van der Waals surface area contributed by atoms with Gasteiger partial charge in [0.1, 0.15) is 0 Å². The van der Waals surface area contributed by atoms with Gasteiger partial charge in [-0.25, -0.2) is 0 Å². The van der Waals surface area contributed by atoms with Crippen LogP contribution < -0.4 is 0 Å². The summed E-state index contributed by atoms with van der Waals surface area (Å²) in [5, 5.41) is 19.3. The summed E-state index contributed by atoms with van der Waals surface area (Å²) in [5.41, 5.74) is 1.07. The minimum absolute atomic E-state index is 0.0760. The molecule has 1 fully saturated rings. The highest BCUT2D eigenvalue weighted by Crippen LogP contribution is 2.13. The Balaban J connectivity index is 2.07. The van der Waals surface area contributed by atoms with Crippen molar-refractivity contribution in [1.82, 2.24) is 0 Å². The molecule has 0 saturated carbocycles. The SMILES string of the molecule is C[C@H]1C(O)OC(=O)[N+]1=C(O)CCc1ccccc1. The number of nitrogens with zero attached hydrogens (tertiary/aromatic N) is 1. The molecule has 1 unspecified atom stereocenters. The molecule has 1 aromatic rings. The number of carbonyl (C=O) groups excluding carboxylic acids is 1. The Morgan fingerprint density at radius 3 is 2.61 bits per heavy atom. The second kappa shape index (κ2) is 5.18. The molecule has 0 aromatic heterocycles. The van der Waals surface area contributed by atoms with E-state index in [2.05, 4.69) is 4.74 Å². The smallest absolute Gasteiger partial charge is 0.463 e. The van der Waals surface area contributed by atoms with E-state index < -0.39 is 18.4 Å². The maximum Gasteiger partial charge on any atom is 0.602 e. The molecule has 2 atom stereocenters. The van der Waals surface area contributed by atoms with Crippen LogP contribution in [-0.4, -0.2) is 39.1 Å². The largest absolute Gasteiger partial charge is 0.602 e. The fraction of sp³-hybridized carbons (Fsp3) is 0.385. The first-order valence-electron chi connectivity index (χ1n) is 5.86. The van der Waals surface area contributed by atoms with E-state index in [1.54, 1.807) is 6.92 Å². The lowest BCUT2D eigenvalue weighted by atomic mass is 10.1. The highest BCUT2D eigenvalue weighted by Gasteiger charge is 2.46. The monoisotopic (exact) mass is 250 g/mol. The molecule has 1 aliphatic rings. The summed E-state index contributed by atoms with van der Waals surface area (Å²) in [6.45, 7) is 1.62. The summed E-state index contributed by atoms with van der Waals surface area (Å²) in [5.74, 6) is -0.0760. The van der Waals surface area contributed by atoms with E-state index in [4.69, 9.17) is 0 Å². The maximum atomic E-state index is 11.4. The Labute approximate surface area is 105 Å². The molecule has 5 nitrogen and oxygen atoms in total. The van der Waals surface area contributed by atoms with Gasteiger partial charge in [-0.2, -0.15) is 4.79 Å². The van der Waals surface area contributed by atoms with E-state index in [9.17, 15) is 15.0 Å². The molecule has 5 heteroatoms. The van der Waals surface area contributed by atoms with Crippen molar-refractivity contribution in [3.63, 3.8) is 0 Å². The van der Waals surface area contributed by atoms with E-state index in [1.807, 2.05) is 30.3 Å². The average Bonchev–Trinajstić information content (AvgIpc) is 2.62. The predicted molar refractivity (Wildman–Crippen MR) is 64.6 cm³/mol. The lowest BCUT2D eigenvalue weighted by Crippen LogP contribution is -2.31. The van der Waals surface area contributed by atoms with Crippen LogP contribution in [0.15, 0.2) is 30.3 Å². The van der Waals surface area contributed by atoms with Crippen molar-refractivity contribution in [3.8, 4) is 0 Å². The van der Waals surface area contributed by atoms with E-state index in [1.165, 1.54) is 0 Å². The Hall–Kier alpha value is -1.88. The molecule has 0 spiro atoms. The molecule has 18 heavy (non-hydrogen) atoms. The molecule has 2 N–H and O–H groups in total. The van der Waals surface area contributed by atoms with Gasteiger partial charge in [-0.05, 0) is 12.0 Å². The third-order valence-electron chi connectivity index (χ3n) is 3.00. The zero-order chi connectivity index (χ0) is 13.1. The van der Waals surface area contributed by atoms with E-state index >= 15 is 0 Å². The summed E-state index contributed by atoms with van der Waals surface area (Å²) >= 11 is 0. The lowest BCUT2D eigenvalue weighted by Gasteiger charge is -2.01. The number of cyclic esters (lactones) is 1. The summed E-state index contributed by atoms with van der Waals surface area (Å²) in [6.07, 6.45) is -0.938. The van der Waals surface area contributed by atoms with Crippen LogP contribution in [-0.2, 0) is 11.2 Å². The van der Waals surface area contributed by atoms with Gasteiger partial charge in [0.25, 0.3) is 6.29 Å². The fourth-order valence-corrected chi connectivity index (χ4v) is 1.91. The molecular formula is C13H16NO4+. The molecule has 1 saturated heterocycles. The molecule has 2 rings (SSSR count). The molecule has 1 heterocycles. The number of amides is 1. The molecule has 1 aromatic carbocycles. The van der Waals surface area contributed by atoms with Gasteiger partial charge in [0.2, 0.25) is 6.04 Å². The summed E-state index contributed by atoms with van der Waals surface area (Å²) in [7, 11) is 0. The van der Waals surface area contributed by atoms with Crippen LogP contribution in [0.25, 0.3) is 0 Å². The highest BCUT2D eigenvalue weighted by molar-refractivity contribution is 5.76. The quantitative estimate of drug-likeness (QED) is 0.629. The molecule has 0 aliphatic carbocycles. The van der Waals surface area contributed by atoms with Gasteiger partial charge >= 0.3 is 12.0 Å². The van der Waals surface area contributed by atoms with Crippen LogP contribution in [0.2, 0.25) is 0 Å². The number of benzene rings is 1. The van der Waals surface area contributed by atoms with Gasteiger partial charge < -0.3 is 14.9 Å². The highest BCUT2D eigenvalue weighted by atomic mass is 16.7. The minimum Gasteiger partial charge on any atom is -0.463 e. The first-order valence-corrected chi connectivity index (χ1v) is 5.86. The van der Waals surface area contributed by atoms with Crippen LogP contribution in [0.3, 0.4) is 0 Å². The second-order valence-electron chi connectivity index (χ2n) is 4.29. The number of rotatable bonds is 3. The second-order valence-corrected chi connectivity index (χ2v) is 4.29. The molecule has 1 aliphatic heterocycles. The van der Waals surface area contributed by atoms with Crippen molar-refractivity contribution in [3.05, 3.63) is 35.9 Å². The Kier molecular flexibility index (Phi) is 3.62. The normalized spacial score (nSPS) is 26.0. The number of hydrogen-bond donors (Lipinski definition) is 2. The zero-order valence-corrected chi connectivity index (χ0v) is 10.1. The molecule has 1 amide bonds. The topological polar surface area (TPSA) is 69.8 Å². The van der Waals surface area contributed by atoms with Crippen LogP contribution in [0.4, 0.5) is 4.79 Å². The van der Waals surface area contributed by atoms with Gasteiger partial charge in [-0.3, -0.25) is 0 Å². The Morgan fingerprint density at radius 2 is 2.06 bits per heavy atom. The number of aryl methyl sites for hydroxylation is 1. The zero-order valence-electron chi connectivity index (χ0n) is 10.1. The van der Waals surface area contributed by atoms with Crippen molar-refractivity contribution in [1.29, 1.82) is 0 Å². The molecule has 0 radical (unpaired) electrons. The first kappa shape index (κ1) is 12.6. The third kappa shape index (κ3) is 2.51. The van der Waals surface area contributed by atoms with Crippen molar-refractivity contribution >= 4 is 12.0 Å². The predicted octanol–water partition coefficient (Wildman–Crippen LogP) is 1.45. The summed E-state index contributed by atoms with van der Waals surface area (Å²) in [4.78, 5) is 11.4. The van der Waals surface area contributed by atoms with Crippen molar-refractivity contribution < 1.29 is 24.3 Å². The minimum atomic E-state index is -1.18. The average molecular weight is 250 g/mol. The van der Waals surface area contributed by atoms with Crippen molar-refractivity contribution in [2.75, 3.05) is 0 Å². The third-order valence-corrected chi connectivity index (χ3v) is 3.00. The Morgan fingerprint density at radius 1 is 1.39 bits per heavy atom. The van der Waals surface area contributed by atoms with Gasteiger partial charge in [0, 0.05) is 6.92 Å². The Bertz CT molecular complexity index is 469. The maximum absolute atomic E-state index is 11.4. The lowest BCUT2D eigenvalue weighted by molar-refractivity contribution is -0.468. The number of ether oxygens (including phenoxy) is 1. The van der Waals surface area contributed by atoms with Gasteiger partial charge in [0.15, 0.2) is 0 Å². The molecular weight excluding hydrogens is 234 g/mol. The van der Waals surface area contributed by atoms with Crippen LogP contribution in [0.1, 0.15) is 18.9 Å². The summed E-state index contributed by atoms with van der Waals surface area (Å²) in [6, 6.07) is 9.10. The fourth-order valence-electron chi connectivity index (χ4n) is 1.91. The van der Waals surface area contributed by atoms with Gasteiger partial charge in [0.05, 0.1) is 6.42 Å². The van der Waals surface area contributed by atoms with Crippen molar-refractivity contribution in [2.24, 2.45) is 0 Å². The van der Waals surface area contributed by atoms with Crippen LogP contribution in [0.5, 0.6) is 0 Å². The van der Waals surface area contributed by atoms with E-state index in [0.29, 0.717) is 12.8 Å². The van der Waals surface area contributed by atoms with Crippen molar-refractivity contribution in [2.45, 2.75) is 32.1 Å². The molecule has 0 bridgehead atoms. The number of aliphatic hydroxyl groups is 2. The summed E-state index contributed by atoms with van der Waals surface area (Å²) < 4.78 is 5.71. The standard InChI is InChI=1S/C13H15NO4/c1-9-12(16)18-13(17)14(9)11(15)8-7-10-5-3-2-4-6-10/h2-6,9,12,16H,7-8H2,1H3/p+1/t9-,12?/m0/s1. The molecule has 96 valence electrons. The van der Waals surface area contributed by atoms with E-state index in [0.717, 1.165) is 10.1 Å². The first-order chi connectivity index (χ1) is 8.59. The van der Waals surface area contributed by atoms with Gasteiger partial charge in [-0.1, -0.05) is 34.9 Å². The van der Waals surface area contributed by atoms with E-state index in [-0.39, 0.29) is 5.90 Å². The van der Waals surface area contributed by atoms with Crippen LogP contribution in [0, 0.1) is 0 Å². The van der Waals surface area contributed by atoms with Crippen LogP contribution >= 0.6 is 0 Å². The van der Waals surface area contributed by atoms with Gasteiger partial charge in [-0.15, -0.1) is 0 Å².